The van der Waals surface area contributed by atoms with Gasteiger partial charge in [-0.2, -0.15) is 0 Å². The van der Waals surface area contributed by atoms with Crippen molar-refractivity contribution in [1.82, 2.24) is 5.32 Å². The highest BCUT2D eigenvalue weighted by molar-refractivity contribution is 5.31. The summed E-state index contributed by atoms with van der Waals surface area (Å²) in [5.41, 5.74) is 0. The lowest BCUT2D eigenvalue weighted by Crippen LogP contribution is -2.48. The first-order valence-corrected chi connectivity index (χ1v) is 5.47. The molecule has 4 heteroatoms. The molecule has 4 nitrogen and oxygen atoms in total. The molecule has 2 rings (SSSR count). The number of ether oxygens (including phenoxy) is 3. The molecular weight excluding hydrogens is 206 g/mol. The fraction of sp³-hybridized carbons (Fsp3) is 0.500. The molecule has 1 aliphatic heterocycles. The van der Waals surface area contributed by atoms with E-state index in [1.54, 1.807) is 7.11 Å². The van der Waals surface area contributed by atoms with E-state index in [-0.39, 0.29) is 0 Å². The zero-order valence-corrected chi connectivity index (χ0v) is 9.44. The van der Waals surface area contributed by atoms with E-state index in [4.69, 9.17) is 14.2 Å². The zero-order chi connectivity index (χ0) is 11.2. The number of nitrogens with one attached hydrogen (secondary N) is 1. The van der Waals surface area contributed by atoms with Crippen LogP contribution in [-0.2, 0) is 4.74 Å². The topological polar surface area (TPSA) is 39.7 Å². The predicted molar refractivity (Wildman–Crippen MR) is 61.1 cm³/mol. The average molecular weight is 223 g/mol. The van der Waals surface area contributed by atoms with Crippen molar-refractivity contribution in [3.8, 4) is 11.5 Å². The van der Waals surface area contributed by atoms with E-state index in [1.165, 1.54) is 0 Å². The van der Waals surface area contributed by atoms with E-state index < -0.39 is 0 Å². The highest BCUT2D eigenvalue weighted by atomic mass is 16.5. The van der Waals surface area contributed by atoms with Gasteiger partial charge in [0.2, 0.25) is 0 Å². The Morgan fingerprint density at radius 3 is 2.38 bits per heavy atom. The molecule has 0 saturated carbocycles. The largest absolute Gasteiger partial charge is 0.497 e. The Hall–Kier alpha value is -1.26. The normalized spacial score (nSPS) is 15.6. The van der Waals surface area contributed by atoms with Crippen molar-refractivity contribution in [3.05, 3.63) is 24.3 Å². The monoisotopic (exact) mass is 223 g/mol. The highest BCUT2D eigenvalue weighted by Gasteiger charge is 2.16. The van der Waals surface area contributed by atoms with Crippen LogP contribution in [0.25, 0.3) is 0 Å². The van der Waals surface area contributed by atoms with Gasteiger partial charge in [-0.3, -0.25) is 0 Å². The molecule has 0 aromatic heterocycles. The lowest BCUT2D eigenvalue weighted by atomic mass is 10.2. The number of rotatable bonds is 6. The summed E-state index contributed by atoms with van der Waals surface area (Å²) in [6, 6.07) is 7.55. The van der Waals surface area contributed by atoms with Crippen molar-refractivity contribution in [3.63, 3.8) is 0 Å². The fourth-order valence-electron chi connectivity index (χ4n) is 1.43. The summed E-state index contributed by atoms with van der Waals surface area (Å²) in [4.78, 5) is 0. The standard InChI is InChI=1S/C12H17NO3/c1-14-10-2-4-11(5-3-10)15-6-7-16-12-8-13-9-12/h2-5,12-13H,6-9H2,1H3. The van der Waals surface area contributed by atoms with Gasteiger partial charge in [-0.25, -0.2) is 0 Å². The van der Waals surface area contributed by atoms with E-state index in [1.807, 2.05) is 24.3 Å². The molecule has 1 heterocycles. The molecule has 1 saturated heterocycles. The second-order valence-corrected chi connectivity index (χ2v) is 3.68. The molecule has 1 aromatic carbocycles. The number of hydrogen-bond donors (Lipinski definition) is 1. The average Bonchev–Trinajstić information content (AvgIpc) is 2.27. The van der Waals surface area contributed by atoms with Crippen LogP contribution in [-0.4, -0.2) is 39.5 Å². The minimum absolute atomic E-state index is 0.375. The van der Waals surface area contributed by atoms with Crippen LogP contribution in [0.4, 0.5) is 0 Å². The van der Waals surface area contributed by atoms with Crippen molar-refractivity contribution >= 4 is 0 Å². The van der Waals surface area contributed by atoms with Crippen LogP contribution in [0.1, 0.15) is 0 Å². The van der Waals surface area contributed by atoms with Crippen molar-refractivity contribution in [2.45, 2.75) is 6.10 Å². The van der Waals surface area contributed by atoms with Gasteiger partial charge in [0.1, 0.15) is 18.1 Å². The maximum Gasteiger partial charge on any atom is 0.119 e. The molecule has 0 unspecified atom stereocenters. The van der Waals surface area contributed by atoms with Crippen molar-refractivity contribution in [2.75, 3.05) is 33.4 Å². The third-order valence-electron chi connectivity index (χ3n) is 2.51. The number of hydrogen-bond acceptors (Lipinski definition) is 4. The van der Waals surface area contributed by atoms with Gasteiger partial charge in [0, 0.05) is 13.1 Å². The van der Waals surface area contributed by atoms with E-state index >= 15 is 0 Å². The van der Waals surface area contributed by atoms with Gasteiger partial charge in [0.05, 0.1) is 19.8 Å². The van der Waals surface area contributed by atoms with Crippen LogP contribution < -0.4 is 14.8 Å². The van der Waals surface area contributed by atoms with E-state index in [2.05, 4.69) is 5.32 Å². The van der Waals surface area contributed by atoms with Gasteiger partial charge in [-0.15, -0.1) is 0 Å². The van der Waals surface area contributed by atoms with Crippen molar-refractivity contribution in [1.29, 1.82) is 0 Å². The van der Waals surface area contributed by atoms with Gasteiger partial charge in [0.15, 0.2) is 0 Å². The molecule has 16 heavy (non-hydrogen) atoms. The van der Waals surface area contributed by atoms with Crippen LogP contribution in [0.2, 0.25) is 0 Å². The summed E-state index contributed by atoms with van der Waals surface area (Å²) in [7, 11) is 1.65. The maximum atomic E-state index is 5.53. The Kier molecular flexibility index (Phi) is 4.02. The summed E-state index contributed by atoms with van der Waals surface area (Å²) >= 11 is 0. The van der Waals surface area contributed by atoms with Gasteiger partial charge in [-0.1, -0.05) is 0 Å². The van der Waals surface area contributed by atoms with Gasteiger partial charge in [-0.05, 0) is 24.3 Å². The summed E-state index contributed by atoms with van der Waals surface area (Å²) < 4.78 is 16.1. The number of benzene rings is 1. The molecule has 0 bridgehead atoms. The van der Waals surface area contributed by atoms with Crippen LogP contribution in [0.15, 0.2) is 24.3 Å². The van der Waals surface area contributed by atoms with Gasteiger partial charge < -0.3 is 19.5 Å². The maximum absolute atomic E-state index is 5.53. The summed E-state index contributed by atoms with van der Waals surface area (Å²) in [5, 5.41) is 3.15. The Morgan fingerprint density at radius 2 is 1.81 bits per heavy atom. The SMILES string of the molecule is COc1ccc(OCCOC2CNC2)cc1. The minimum atomic E-state index is 0.375. The van der Waals surface area contributed by atoms with Crippen molar-refractivity contribution in [2.24, 2.45) is 0 Å². The van der Waals surface area contributed by atoms with Crippen LogP contribution in [0.3, 0.4) is 0 Å². The molecule has 88 valence electrons. The van der Waals surface area contributed by atoms with E-state index in [9.17, 15) is 0 Å². The third kappa shape index (κ3) is 3.12. The lowest BCUT2D eigenvalue weighted by molar-refractivity contribution is 0.00454. The molecule has 0 amide bonds. The van der Waals surface area contributed by atoms with Crippen LogP contribution in [0.5, 0.6) is 11.5 Å². The molecular formula is C12H17NO3. The molecule has 1 fully saturated rings. The highest BCUT2D eigenvalue weighted by Crippen LogP contribution is 2.16. The second kappa shape index (κ2) is 5.72. The first-order valence-electron chi connectivity index (χ1n) is 5.47. The summed E-state index contributed by atoms with van der Waals surface area (Å²) in [6.07, 6.45) is 0.375. The van der Waals surface area contributed by atoms with Gasteiger partial charge in [0.25, 0.3) is 0 Å². The quantitative estimate of drug-likeness (QED) is 0.732. The Balaban J connectivity index is 1.64. The Labute approximate surface area is 95.5 Å². The predicted octanol–water partition coefficient (Wildman–Crippen LogP) is 1.06. The van der Waals surface area contributed by atoms with E-state index in [0.29, 0.717) is 19.3 Å². The first kappa shape index (κ1) is 11.2. The molecule has 0 atom stereocenters. The molecule has 1 aliphatic rings. The summed E-state index contributed by atoms with van der Waals surface area (Å²) in [6.45, 7) is 3.15. The minimum Gasteiger partial charge on any atom is -0.497 e. The van der Waals surface area contributed by atoms with Crippen LogP contribution in [0, 0.1) is 0 Å². The summed E-state index contributed by atoms with van der Waals surface area (Å²) in [5.74, 6) is 1.68. The molecule has 1 aromatic rings. The molecule has 0 aliphatic carbocycles. The first-order chi connectivity index (χ1) is 7.88. The Bertz CT molecular complexity index is 309. The zero-order valence-electron chi connectivity index (χ0n) is 9.44. The molecule has 0 radical (unpaired) electrons. The van der Waals surface area contributed by atoms with Crippen molar-refractivity contribution < 1.29 is 14.2 Å². The smallest absolute Gasteiger partial charge is 0.119 e. The second-order valence-electron chi connectivity index (χ2n) is 3.68. The van der Waals surface area contributed by atoms with E-state index in [0.717, 1.165) is 24.6 Å². The molecule has 1 N–H and O–H groups in total. The molecule has 0 spiro atoms. The Morgan fingerprint density at radius 1 is 1.12 bits per heavy atom. The van der Waals surface area contributed by atoms with Gasteiger partial charge >= 0.3 is 0 Å². The number of methoxy groups -OCH3 is 1. The fourth-order valence-corrected chi connectivity index (χ4v) is 1.43. The lowest BCUT2D eigenvalue weighted by Gasteiger charge is -2.26. The third-order valence-corrected chi connectivity index (χ3v) is 2.51. The van der Waals surface area contributed by atoms with Crippen LogP contribution >= 0.6 is 0 Å².